The van der Waals surface area contributed by atoms with Gasteiger partial charge in [-0.25, -0.2) is 0 Å². The summed E-state index contributed by atoms with van der Waals surface area (Å²) in [6.07, 6.45) is 74.3. The van der Waals surface area contributed by atoms with Gasteiger partial charge < -0.3 is 14.2 Å². The number of ether oxygens (including phenoxy) is 3. The first kappa shape index (κ1) is 69.6. The summed E-state index contributed by atoms with van der Waals surface area (Å²) in [7, 11) is 0. The number of allylic oxidation sites excluding steroid dienone is 6. The van der Waals surface area contributed by atoms with E-state index in [1.54, 1.807) is 0 Å². The Morgan fingerprint density at radius 1 is 0.278 bits per heavy atom. The zero-order valence-electron chi connectivity index (χ0n) is 48.5. The minimum atomic E-state index is -0.776. The minimum absolute atomic E-state index is 0.0725. The van der Waals surface area contributed by atoms with Gasteiger partial charge in [-0.15, -0.1) is 0 Å². The zero-order chi connectivity index (χ0) is 52.2. The van der Waals surface area contributed by atoms with Crippen LogP contribution in [-0.4, -0.2) is 37.2 Å². The lowest BCUT2D eigenvalue weighted by atomic mass is 10.0. The number of unbranched alkanes of at least 4 members (excludes halogenated alkanes) is 42. The van der Waals surface area contributed by atoms with Crippen LogP contribution in [0.3, 0.4) is 0 Å². The molecule has 0 aromatic carbocycles. The Morgan fingerprint density at radius 3 is 0.792 bits per heavy atom. The van der Waals surface area contributed by atoms with Gasteiger partial charge in [0.2, 0.25) is 0 Å². The van der Waals surface area contributed by atoms with Gasteiger partial charge in [0.05, 0.1) is 0 Å². The van der Waals surface area contributed by atoms with Crippen LogP contribution in [0.2, 0.25) is 0 Å². The predicted octanol–water partition coefficient (Wildman–Crippen LogP) is 21.6. The van der Waals surface area contributed by atoms with E-state index in [1.807, 2.05) is 0 Å². The maximum absolute atomic E-state index is 12.9. The Balaban J connectivity index is 4.35. The number of carbonyl (C=O) groups excluding carboxylic acids is 3. The Kier molecular flexibility index (Phi) is 59.2. The summed E-state index contributed by atoms with van der Waals surface area (Å²) >= 11 is 0. The van der Waals surface area contributed by atoms with E-state index in [-0.39, 0.29) is 31.1 Å². The summed E-state index contributed by atoms with van der Waals surface area (Å²) in [6, 6.07) is 0. The van der Waals surface area contributed by atoms with Crippen molar-refractivity contribution in [2.24, 2.45) is 0 Å². The predicted molar refractivity (Wildman–Crippen MR) is 312 cm³/mol. The molecule has 6 heteroatoms. The molecule has 0 aliphatic carbocycles. The van der Waals surface area contributed by atoms with Crippen molar-refractivity contribution in [2.75, 3.05) is 13.2 Å². The van der Waals surface area contributed by atoms with Gasteiger partial charge in [-0.1, -0.05) is 288 Å². The second-order valence-electron chi connectivity index (χ2n) is 21.7. The molecule has 0 aliphatic rings. The number of esters is 3. The van der Waals surface area contributed by atoms with Gasteiger partial charge in [0.15, 0.2) is 6.10 Å². The van der Waals surface area contributed by atoms with Gasteiger partial charge in [-0.3, -0.25) is 14.4 Å². The van der Waals surface area contributed by atoms with Gasteiger partial charge in [0.25, 0.3) is 0 Å². The van der Waals surface area contributed by atoms with Crippen LogP contribution in [0.1, 0.15) is 348 Å². The highest BCUT2D eigenvalue weighted by Gasteiger charge is 2.19. The highest BCUT2D eigenvalue weighted by Crippen LogP contribution is 2.17. The molecule has 0 aromatic heterocycles. The SMILES string of the molecule is CCCCCC/C=C\C/C=C\CCCCCCCCCC(=O)OC(COC(=O)CCCCCCCCC/C=C\CCCCCCCC)COC(=O)CCCCCCCCCCCCCCCCCCCCC. The van der Waals surface area contributed by atoms with Crippen LogP contribution < -0.4 is 0 Å². The molecule has 6 nitrogen and oxygen atoms in total. The van der Waals surface area contributed by atoms with E-state index in [1.165, 1.54) is 238 Å². The lowest BCUT2D eigenvalue weighted by Crippen LogP contribution is -2.30. The molecule has 0 rings (SSSR count). The molecule has 422 valence electrons. The molecule has 0 spiro atoms. The molecule has 0 bridgehead atoms. The summed E-state index contributed by atoms with van der Waals surface area (Å²) in [5.74, 6) is -0.861. The molecular weight excluding hydrogens is 889 g/mol. The van der Waals surface area contributed by atoms with E-state index in [0.717, 1.165) is 70.6 Å². The number of rotatable bonds is 59. The minimum Gasteiger partial charge on any atom is -0.462 e. The number of carbonyl (C=O) groups is 3. The molecule has 1 atom stereocenters. The summed E-state index contributed by atoms with van der Waals surface area (Å²) in [6.45, 7) is 6.67. The molecule has 0 saturated heterocycles. The maximum atomic E-state index is 12.9. The van der Waals surface area contributed by atoms with Crippen LogP contribution in [0, 0.1) is 0 Å². The summed E-state index contributed by atoms with van der Waals surface area (Å²) in [5.41, 5.74) is 0. The topological polar surface area (TPSA) is 78.9 Å². The van der Waals surface area contributed by atoms with E-state index in [2.05, 4.69) is 57.2 Å². The van der Waals surface area contributed by atoms with Crippen LogP contribution in [0.4, 0.5) is 0 Å². The zero-order valence-corrected chi connectivity index (χ0v) is 48.5. The summed E-state index contributed by atoms with van der Waals surface area (Å²) in [5, 5.41) is 0. The first-order valence-corrected chi connectivity index (χ1v) is 32.0. The molecule has 0 aliphatic heterocycles. The fourth-order valence-electron chi connectivity index (χ4n) is 9.53. The maximum Gasteiger partial charge on any atom is 0.306 e. The number of hydrogen-bond acceptors (Lipinski definition) is 6. The quantitative estimate of drug-likeness (QED) is 0.0261. The van der Waals surface area contributed by atoms with Crippen LogP contribution in [0.15, 0.2) is 36.5 Å². The monoisotopic (exact) mass is 1010 g/mol. The van der Waals surface area contributed by atoms with Crippen molar-refractivity contribution in [3.8, 4) is 0 Å². The van der Waals surface area contributed by atoms with Crippen LogP contribution in [0.5, 0.6) is 0 Å². The molecule has 0 heterocycles. The van der Waals surface area contributed by atoms with E-state index < -0.39 is 6.10 Å². The Morgan fingerprint density at radius 2 is 0.500 bits per heavy atom. The molecule has 0 radical (unpaired) electrons. The van der Waals surface area contributed by atoms with E-state index >= 15 is 0 Å². The van der Waals surface area contributed by atoms with Crippen molar-refractivity contribution in [3.05, 3.63) is 36.5 Å². The number of hydrogen-bond donors (Lipinski definition) is 0. The van der Waals surface area contributed by atoms with Crippen molar-refractivity contribution in [1.29, 1.82) is 0 Å². The average molecular weight is 1010 g/mol. The van der Waals surface area contributed by atoms with Crippen molar-refractivity contribution in [1.82, 2.24) is 0 Å². The largest absolute Gasteiger partial charge is 0.462 e. The Bertz CT molecular complexity index is 1210. The van der Waals surface area contributed by atoms with Crippen LogP contribution >= 0.6 is 0 Å². The fraction of sp³-hybridized carbons (Fsp3) is 0.864. The summed E-state index contributed by atoms with van der Waals surface area (Å²) < 4.78 is 16.9. The fourth-order valence-corrected chi connectivity index (χ4v) is 9.53. The Labute approximate surface area is 448 Å². The van der Waals surface area contributed by atoms with Crippen LogP contribution in [-0.2, 0) is 28.6 Å². The average Bonchev–Trinajstić information content (AvgIpc) is 3.38. The van der Waals surface area contributed by atoms with Crippen LogP contribution in [0.25, 0.3) is 0 Å². The van der Waals surface area contributed by atoms with Gasteiger partial charge in [0.1, 0.15) is 13.2 Å². The van der Waals surface area contributed by atoms with Gasteiger partial charge in [-0.2, -0.15) is 0 Å². The second-order valence-corrected chi connectivity index (χ2v) is 21.7. The molecule has 0 saturated carbocycles. The molecule has 0 aromatic rings. The first-order valence-electron chi connectivity index (χ1n) is 32.0. The van der Waals surface area contributed by atoms with Gasteiger partial charge >= 0.3 is 17.9 Å². The molecule has 0 amide bonds. The van der Waals surface area contributed by atoms with Gasteiger partial charge in [-0.05, 0) is 77.0 Å². The second kappa shape index (κ2) is 61.2. The first-order chi connectivity index (χ1) is 35.5. The third-order valence-corrected chi connectivity index (χ3v) is 14.4. The highest BCUT2D eigenvalue weighted by atomic mass is 16.6. The lowest BCUT2D eigenvalue weighted by Gasteiger charge is -2.18. The normalized spacial score (nSPS) is 12.2. The summed E-state index contributed by atoms with van der Waals surface area (Å²) in [4.78, 5) is 38.3. The molecule has 72 heavy (non-hydrogen) atoms. The highest BCUT2D eigenvalue weighted by molar-refractivity contribution is 5.71. The molecule has 1 unspecified atom stereocenters. The molecule has 0 N–H and O–H groups in total. The standard InChI is InChI=1S/C66H122O6/c1-4-7-10-13-16-19-22-25-28-31-33-36-38-41-44-47-50-53-56-59-65(68)71-62-63(61-70-64(67)58-55-52-49-46-43-40-37-34-30-27-24-21-18-15-12-9-6-3)72-66(69)60-57-54-51-48-45-42-39-35-32-29-26-23-20-17-14-11-8-5-2/h20,23,27,29-30,32,63H,4-19,21-22,24-26,28,31,33-62H2,1-3H3/b23-20-,30-27-,32-29-. The Hall–Kier alpha value is -2.37. The van der Waals surface area contributed by atoms with Crippen molar-refractivity contribution < 1.29 is 28.6 Å². The van der Waals surface area contributed by atoms with Gasteiger partial charge in [0, 0.05) is 19.3 Å². The smallest absolute Gasteiger partial charge is 0.306 e. The van der Waals surface area contributed by atoms with E-state index in [9.17, 15) is 14.4 Å². The van der Waals surface area contributed by atoms with Crippen molar-refractivity contribution >= 4 is 17.9 Å². The van der Waals surface area contributed by atoms with Crippen molar-refractivity contribution in [2.45, 2.75) is 354 Å². The molecule has 0 fully saturated rings. The van der Waals surface area contributed by atoms with E-state index in [4.69, 9.17) is 14.2 Å². The van der Waals surface area contributed by atoms with Crippen molar-refractivity contribution in [3.63, 3.8) is 0 Å². The van der Waals surface area contributed by atoms with E-state index in [0.29, 0.717) is 19.3 Å². The third-order valence-electron chi connectivity index (χ3n) is 14.4. The lowest BCUT2D eigenvalue weighted by molar-refractivity contribution is -0.167. The molecular formula is C66H122O6. The third kappa shape index (κ3) is 58.5.